The topological polar surface area (TPSA) is 31.2 Å². The number of halogens is 1. The lowest BCUT2D eigenvalue weighted by Crippen LogP contribution is -2.22. The molecule has 3 rings (SSSR count). The summed E-state index contributed by atoms with van der Waals surface area (Å²) in [6.45, 7) is 0.888. The Labute approximate surface area is 143 Å². The lowest BCUT2D eigenvalue weighted by Gasteiger charge is -2.11. The van der Waals surface area contributed by atoms with Crippen molar-refractivity contribution in [2.45, 2.75) is 13.2 Å². The van der Waals surface area contributed by atoms with Crippen LogP contribution < -0.4 is 10.3 Å². The van der Waals surface area contributed by atoms with E-state index in [1.54, 1.807) is 16.8 Å². The number of rotatable bonds is 5. The number of aromatic nitrogens is 1. The van der Waals surface area contributed by atoms with E-state index in [2.05, 4.69) is 15.9 Å². The molecule has 1 aromatic heterocycles. The SMILES string of the molecule is O=c1c(OCc2ccccc2)cc(Br)cn1Cc1ccccc1. The van der Waals surface area contributed by atoms with Crippen LogP contribution in [0.25, 0.3) is 0 Å². The zero-order valence-electron chi connectivity index (χ0n) is 12.5. The van der Waals surface area contributed by atoms with Gasteiger partial charge in [0.15, 0.2) is 5.75 Å². The van der Waals surface area contributed by atoms with Crippen LogP contribution in [0.15, 0.2) is 82.2 Å². The van der Waals surface area contributed by atoms with Crippen LogP contribution in [0.4, 0.5) is 0 Å². The molecule has 0 aliphatic rings. The van der Waals surface area contributed by atoms with Crippen molar-refractivity contribution in [3.63, 3.8) is 0 Å². The van der Waals surface area contributed by atoms with Gasteiger partial charge in [0.2, 0.25) is 0 Å². The van der Waals surface area contributed by atoms with Gasteiger partial charge in [-0.1, -0.05) is 60.7 Å². The van der Waals surface area contributed by atoms with E-state index in [4.69, 9.17) is 4.74 Å². The van der Waals surface area contributed by atoms with Crippen molar-refractivity contribution in [3.05, 3.63) is 98.9 Å². The van der Waals surface area contributed by atoms with E-state index >= 15 is 0 Å². The van der Waals surface area contributed by atoms with Crippen LogP contribution in [-0.4, -0.2) is 4.57 Å². The summed E-state index contributed by atoms with van der Waals surface area (Å²) in [5.74, 6) is 0.346. The van der Waals surface area contributed by atoms with Gasteiger partial charge in [0, 0.05) is 16.7 Å². The highest BCUT2D eigenvalue weighted by molar-refractivity contribution is 9.10. The van der Waals surface area contributed by atoms with E-state index in [1.807, 2.05) is 60.7 Å². The molecule has 0 N–H and O–H groups in total. The van der Waals surface area contributed by atoms with Crippen LogP contribution in [0.5, 0.6) is 5.75 Å². The maximum atomic E-state index is 12.6. The first-order chi connectivity index (χ1) is 11.2. The minimum absolute atomic E-state index is 0.131. The molecule has 0 aliphatic carbocycles. The molecule has 116 valence electrons. The van der Waals surface area contributed by atoms with Crippen LogP contribution in [0.2, 0.25) is 0 Å². The Balaban J connectivity index is 1.82. The molecule has 23 heavy (non-hydrogen) atoms. The first-order valence-electron chi connectivity index (χ1n) is 7.33. The predicted molar refractivity (Wildman–Crippen MR) is 94.7 cm³/mol. The highest BCUT2D eigenvalue weighted by atomic mass is 79.9. The van der Waals surface area contributed by atoms with Gasteiger partial charge in [-0.25, -0.2) is 0 Å². The molecule has 0 saturated carbocycles. The van der Waals surface area contributed by atoms with Crippen molar-refractivity contribution in [2.75, 3.05) is 0 Å². The Bertz CT molecular complexity index is 829. The molecule has 0 spiro atoms. The van der Waals surface area contributed by atoms with Gasteiger partial charge in [0.25, 0.3) is 5.56 Å². The van der Waals surface area contributed by atoms with E-state index in [9.17, 15) is 4.79 Å². The molecule has 1 heterocycles. The van der Waals surface area contributed by atoms with Crippen LogP contribution in [0, 0.1) is 0 Å². The fourth-order valence-electron chi connectivity index (χ4n) is 2.31. The summed E-state index contributed by atoms with van der Waals surface area (Å²) in [5.41, 5.74) is 1.97. The highest BCUT2D eigenvalue weighted by Crippen LogP contribution is 2.16. The van der Waals surface area contributed by atoms with E-state index in [0.29, 0.717) is 18.9 Å². The van der Waals surface area contributed by atoms with Crippen LogP contribution in [0.3, 0.4) is 0 Å². The smallest absolute Gasteiger partial charge is 0.293 e. The molecular formula is C19H16BrNO2. The molecule has 0 aliphatic heterocycles. The lowest BCUT2D eigenvalue weighted by atomic mass is 10.2. The predicted octanol–water partition coefficient (Wildman–Crippen LogP) is 4.24. The number of ether oxygens (including phenoxy) is 1. The number of benzene rings is 2. The summed E-state index contributed by atoms with van der Waals surface area (Å²) < 4.78 is 8.19. The third-order valence-electron chi connectivity index (χ3n) is 3.45. The second kappa shape index (κ2) is 7.29. The summed E-state index contributed by atoms with van der Waals surface area (Å²) in [4.78, 5) is 12.6. The Hall–Kier alpha value is -2.33. The maximum absolute atomic E-state index is 12.6. The van der Waals surface area contributed by atoms with Crippen molar-refractivity contribution < 1.29 is 4.74 Å². The Morgan fingerprint density at radius 3 is 2.17 bits per heavy atom. The minimum atomic E-state index is -0.131. The van der Waals surface area contributed by atoms with Gasteiger partial charge in [0.05, 0.1) is 6.54 Å². The van der Waals surface area contributed by atoms with Crippen molar-refractivity contribution in [1.82, 2.24) is 4.57 Å². The fraction of sp³-hybridized carbons (Fsp3) is 0.105. The molecule has 0 saturated heterocycles. The molecule has 0 fully saturated rings. The quantitative estimate of drug-likeness (QED) is 0.673. The monoisotopic (exact) mass is 369 g/mol. The average molecular weight is 370 g/mol. The maximum Gasteiger partial charge on any atom is 0.293 e. The zero-order chi connectivity index (χ0) is 16.1. The van der Waals surface area contributed by atoms with Gasteiger partial charge in [-0.3, -0.25) is 4.79 Å². The first kappa shape index (κ1) is 15.6. The van der Waals surface area contributed by atoms with E-state index < -0.39 is 0 Å². The van der Waals surface area contributed by atoms with Crippen molar-refractivity contribution in [2.24, 2.45) is 0 Å². The molecule has 4 heteroatoms. The summed E-state index contributed by atoms with van der Waals surface area (Å²) in [6.07, 6.45) is 1.78. The second-order valence-electron chi connectivity index (χ2n) is 5.22. The van der Waals surface area contributed by atoms with Gasteiger partial charge in [-0.15, -0.1) is 0 Å². The van der Waals surface area contributed by atoms with E-state index in [0.717, 1.165) is 15.6 Å². The number of nitrogens with zero attached hydrogens (tertiary/aromatic N) is 1. The fourth-order valence-corrected chi connectivity index (χ4v) is 2.76. The molecule has 3 aromatic rings. The second-order valence-corrected chi connectivity index (χ2v) is 6.13. The Morgan fingerprint density at radius 2 is 1.52 bits per heavy atom. The van der Waals surface area contributed by atoms with Crippen LogP contribution in [0.1, 0.15) is 11.1 Å². The molecule has 3 nitrogen and oxygen atoms in total. The van der Waals surface area contributed by atoms with Crippen LogP contribution >= 0.6 is 15.9 Å². The van der Waals surface area contributed by atoms with Gasteiger partial charge < -0.3 is 9.30 Å². The zero-order valence-corrected chi connectivity index (χ0v) is 14.1. The van der Waals surface area contributed by atoms with Gasteiger partial charge in [-0.05, 0) is 27.1 Å². The molecular weight excluding hydrogens is 354 g/mol. The number of hydrogen-bond donors (Lipinski definition) is 0. The van der Waals surface area contributed by atoms with Gasteiger partial charge in [0.1, 0.15) is 6.61 Å². The molecule has 0 bridgehead atoms. The molecule has 0 radical (unpaired) electrons. The first-order valence-corrected chi connectivity index (χ1v) is 8.12. The van der Waals surface area contributed by atoms with E-state index in [1.165, 1.54) is 0 Å². The van der Waals surface area contributed by atoms with Gasteiger partial charge in [-0.2, -0.15) is 0 Å². The summed E-state index contributed by atoms with van der Waals surface area (Å²) >= 11 is 3.45. The van der Waals surface area contributed by atoms with Crippen molar-refractivity contribution in [3.8, 4) is 5.75 Å². The largest absolute Gasteiger partial charge is 0.483 e. The molecule has 2 aromatic carbocycles. The molecule has 0 atom stereocenters. The Morgan fingerprint density at radius 1 is 0.913 bits per heavy atom. The molecule has 0 unspecified atom stereocenters. The number of pyridine rings is 1. The van der Waals surface area contributed by atoms with Crippen molar-refractivity contribution in [1.29, 1.82) is 0 Å². The highest BCUT2D eigenvalue weighted by Gasteiger charge is 2.08. The van der Waals surface area contributed by atoms with E-state index in [-0.39, 0.29) is 5.56 Å². The molecule has 0 amide bonds. The standard InChI is InChI=1S/C19H16BrNO2/c20-17-11-18(23-14-16-9-5-2-6-10-16)19(22)21(13-17)12-15-7-3-1-4-8-15/h1-11,13H,12,14H2. The van der Waals surface area contributed by atoms with Gasteiger partial charge >= 0.3 is 0 Å². The summed E-state index contributed by atoms with van der Waals surface area (Å²) in [7, 11) is 0. The third kappa shape index (κ3) is 4.11. The number of hydrogen-bond acceptors (Lipinski definition) is 2. The average Bonchev–Trinajstić information content (AvgIpc) is 2.58. The summed E-state index contributed by atoms with van der Waals surface area (Å²) in [6, 6.07) is 21.4. The normalized spacial score (nSPS) is 10.5. The van der Waals surface area contributed by atoms with Crippen LogP contribution in [-0.2, 0) is 13.2 Å². The lowest BCUT2D eigenvalue weighted by molar-refractivity contribution is 0.299. The summed E-state index contributed by atoms with van der Waals surface area (Å²) in [5, 5.41) is 0. The Kier molecular flexibility index (Phi) is 4.93. The van der Waals surface area contributed by atoms with Crippen molar-refractivity contribution >= 4 is 15.9 Å². The third-order valence-corrected chi connectivity index (χ3v) is 3.89. The minimum Gasteiger partial charge on any atom is -0.483 e.